The van der Waals surface area contributed by atoms with Crippen LogP contribution in [-0.4, -0.2) is 14.4 Å². The number of imidazole rings is 1. The van der Waals surface area contributed by atoms with Gasteiger partial charge in [0, 0.05) is 18.7 Å². The minimum absolute atomic E-state index is 0.0888. The third-order valence-electron chi connectivity index (χ3n) is 2.86. The predicted octanol–water partition coefficient (Wildman–Crippen LogP) is 3.50. The summed E-state index contributed by atoms with van der Waals surface area (Å²) in [6.07, 6.45) is 2.58. The summed E-state index contributed by atoms with van der Waals surface area (Å²) in [6, 6.07) is 3.31. The van der Waals surface area contributed by atoms with Crippen LogP contribution in [0.1, 0.15) is 11.3 Å². The number of benzene rings is 1. The van der Waals surface area contributed by atoms with Gasteiger partial charge in [0.2, 0.25) is 5.95 Å². The Balaban J connectivity index is 2.10. The Kier molecular flexibility index (Phi) is 3.21. The topological polar surface area (TPSA) is 30.2 Å². The van der Waals surface area contributed by atoms with E-state index in [9.17, 15) is 13.2 Å². The number of aromatic nitrogens is 3. The highest BCUT2D eigenvalue weighted by atomic mass is 79.9. The molecule has 7 heteroatoms. The van der Waals surface area contributed by atoms with Crippen LogP contribution in [0.15, 0.2) is 35.2 Å². The zero-order valence-electron chi connectivity index (χ0n) is 9.95. The maximum Gasteiger partial charge on any atom is 0.218 e. The van der Waals surface area contributed by atoms with Gasteiger partial charge in [-0.25, -0.2) is 18.7 Å². The highest BCUT2D eigenvalue weighted by Gasteiger charge is 2.13. The monoisotopic (exact) mass is 341 g/mol. The number of hydrogen-bond acceptors (Lipinski definition) is 2. The molecule has 102 valence electrons. The van der Waals surface area contributed by atoms with Gasteiger partial charge in [0.1, 0.15) is 16.2 Å². The van der Waals surface area contributed by atoms with E-state index in [1.807, 2.05) is 0 Å². The minimum atomic E-state index is -0.669. The summed E-state index contributed by atoms with van der Waals surface area (Å²) in [6.45, 7) is 0. The van der Waals surface area contributed by atoms with Crippen molar-refractivity contribution in [1.29, 1.82) is 0 Å². The Hall–Kier alpha value is -1.89. The Bertz CT molecular complexity index is 801. The Morgan fingerprint density at radius 3 is 2.75 bits per heavy atom. The molecule has 0 bridgehead atoms. The molecule has 3 aromatic rings. The van der Waals surface area contributed by atoms with Gasteiger partial charge < -0.3 is 0 Å². The lowest BCUT2D eigenvalue weighted by Crippen LogP contribution is -2.02. The second kappa shape index (κ2) is 4.90. The van der Waals surface area contributed by atoms with E-state index in [-0.39, 0.29) is 12.0 Å². The average molecular weight is 342 g/mol. The summed E-state index contributed by atoms with van der Waals surface area (Å²) in [5.41, 5.74) is 0.963. The first-order valence-electron chi connectivity index (χ1n) is 5.66. The molecule has 0 fully saturated rings. The molecule has 0 radical (unpaired) electrons. The van der Waals surface area contributed by atoms with Crippen LogP contribution in [0.3, 0.4) is 0 Å². The van der Waals surface area contributed by atoms with Crippen LogP contribution in [0.5, 0.6) is 0 Å². The van der Waals surface area contributed by atoms with Crippen LogP contribution in [0, 0.1) is 17.6 Å². The van der Waals surface area contributed by atoms with Gasteiger partial charge >= 0.3 is 0 Å². The fourth-order valence-electron chi connectivity index (χ4n) is 1.95. The van der Waals surface area contributed by atoms with Crippen molar-refractivity contribution in [2.45, 2.75) is 6.42 Å². The second-order valence-corrected chi connectivity index (χ2v) is 5.01. The van der Waals surface area contributed by atoms with E-state index < -0.39 is 17.6 Å². The Morgan fingerprint density at radius 2 is 2.00 bits per heavy atom. The highest BCUT2D eigenvalue weighted by molar-refractivity contribution is 9.10. The van der Waals surface area contributed by atoms with E-state index in [1.165, 1.54) is 22.7 Å². The highest BCUT2D eigenvalue weighted by Crippen LogP contribution is 2.19. The fraction of sp³-hybridized carbons (Fsp3) is 0.0769. The molecule has 20 heavy (non-hydrogen) atoms. The largest absolute Gasteiger partial charge is 0.272 e. The summed E-state index contributed by atoms with van der Waals surface area (Å²) in [4.78, 5) is 8.09. The molecular formula is C13H7BrF3N3. The van der Waals surface area contributed by atoms with Gasteiger partial charge in [-0.05, 0) is 27.6 Å². The Labute approximate surface area is 120 Å². The van der Waals surface area contributed by atoms with Crippen LogP contribution in [-0.2, 0) is 6.42 Å². The summed E-state index contributed by atoms with van der Waals surface area (Å²) >= 11 is 3.17. The van der Waals surface area contributed by atoms with Crippen LogP contribution in [0.25, 0.3) is 5.65 Å². The number of hydrogen-bond donors (Lipinski definition) is 0. The van der Waals surface area contributed by atoms with Gasteiger partial charge in [0.05, 0.1) is 11.9 Å². The molecule has 0 unspecified atom stereocenters. The van der Waals surface area contributed by atoms with Crippen molar-refractivity contribution in [1.82, 2.24) is 14.4 Å². The molecule has 0 saturated carbocycles. The predicted molar refractivity (Wildman–Crippen MR) is 69.8 cm³/mol. The van der Waals surface area contributed by atoms with E-state index in [0.29, 0.717) is 15.9 Å². The number of nitrogens with zero attached hydrogens (tertiary/aromatic N) is 3. The van der Waals surface area contributed by atoms with E-state index in [2.05, 4.69) is 25.9 Å². The molecular weight excluding hydrogens is 335 g/mol. The lowest BCUT2D eigenvalue weighted by molar-refractivity contribution is 0.570. The zero-order chi connectivity index (χ0) is 14.3. The summed E-state index contributed by atoms with van der Waals surface area (Å²) in [7, 11) is 0. The van der Waals surface area contributed by atoms with Crippen LogP contribution < -0.4 is 0 Å². The molecule has 0 aliphatic heterocycles. The number of fused-ring (bicyclic) bond motifs is 1. The van der Waals surface area contributed by atoms with Crippen molar-refractivity contribution in [2.24, 2.45) is 0 Å². The molecule has 0 atom stereocenters. The zero-order valence-corrected chi connectivity index (χ0v) is 11.5. The molecule has 0 spiro atoms. The molecule has 0 aliphatic carbocycles. The van der Waals surface area contributed by atoms with E-state index >= 15 is 0 Å². The van der Waals surface area contributed by atoms with Gasteiger partial charge in [-0.2, -0.15) is 4.39 Å². The fourth-order valence-corrected chi connectivity index (χ4v) is 2.37. The SMILES string of the molecule is Fc1ccc(Cc2nc(Br)cn3c(F)cnc23)c(F)c1. The lowest BCUT2D eigenvalue weighted by atomic mass is 10.1. The quantitative estimate of drug-likeness (QED) is 0.714. The van der Waals surface area contributed by atoms with Crippen LogP contribution >= 0.6 is 15.9 Å². The standard InChI is InChI=1S/C13H7BrF3N3/c14-11-6-20-12(17)5-18-13(20)10(19-11)3-7-1-2-8(15)4-9(7)16/h1-2,4-6H,3H2. The van der Waals surface area contributed by atoms with E-state index in [4.69, 9.17) is 0 Å². The molecule has 3 nitrogen and oxygen atoms in total. The van der Waals surface area contributed by atoms with Crippen molar-refractivity contribution in [3.8, 4) is 0 Å². The van der Waals surface area contributed by atoms with Crippen LogP contribution in [0.2, 0.25) is 0 Å². The first kappa shape index (κ1) is 13.1. The molecule has 2 heterocycles. The van der Waals surface area contributed by atoms with Gasteiger partial charge in [-0.15, -0.1) is 0 Å². The number of halogens is 4. The molecule has 0 N–H and O–H groups in total. The minimum Gasteiger partial charge on any atom is -0.272 e. The number of rotatable bonds is 2. The molecule has 0 saturated heterocycles. The van der Waals surface area contributed by atoms with Crippen molar-refractivity contribution < 1.29 is 13.2 Å². The summed E-state index contributed by atoms with van der Waals surface area (Å²) < 4.78 is 41.7. The maximum atomic E-state index is 13.7. The molecule has 1 aromatic carbocycles. The Morgan fingerprint density at radius 1 is 1.20 bits per heavy atom. The maximum absolute atomic E-state index is 13.7. The lowest BCUT2D eigenvalue weighted by Gasteiger charge is -2.06. The molecule has 2 aromatic heterocycles. The van der Waals surface area contributed by atoms with Gasteiger partial charge in [0.25, 0.3) is 0 Å². The first-order chi connectivity index (χ1) is 9.54. The molecule has 0 aliphatic rings. The van der Waals surface area contributed by atoms with E-state index in [1.54, 1.807) is 0 Å². The van der Waals surface area contributed by atoms with Crippen molar-refractivity contribution in [3.63, 3.8) is 0 Å². The van der Waals surface area contributed by atoms with Gasteiger partial charge in [0.15, 0.2) is 5.65 Å². The smallest absolute Gasteiger partial charge is 0.218 e. The van der Waals surface area contributed by atoms with Gasteiger partial charge in [-0.1, -0.05) is 6.07 Å². The average Bonchev–Trinajstić information content (AvgIpc) is 2.75. The second-order valence-electron chi connectivity index (χ2n) is 4.20. The van der Waals surface area contributed by atoms with Crippen molar-refractivity contribution in [2.75, 3.05) is 0 Å². The normalized spacial score (nSPS) is 11.2. The van der Waals surface area contributed by atoms with Gasteiger partial charge in [-0.3, -0.25) is 4.40 Å². The summed E-state index contributed by atoms with van der Waals surface area (Å²) in [5, 5.41) is 0. The molecule has 0 amide bonds. The third-order valence-corrected chi connectivity index (χ3v) is 3.24. The van der Waals surface area contributed by atoms with Crippen molar-refractivity contribution >= 4 is 21.6 Å². The molecule has 3 rings (SSSR count). The van der Waals surface area contributed by atoms with Crippen LogP contribution in [0.4, 0.5) is 13.2 Å². The van der Waals surface area contributed by atoms with Crippen molar-refractivity contribution in [3.05, 3.63) is 64.0 Å². The third kappa shape index (κ3) is 2.29. The summed E-state index contributed by atoms with van der Waals surface area (Å²) in [5.74, 6) is -1.86. The van der Waals surface area contributed by atoms with E-state index in [0.717, 1.165) is 12.3 Å². The first-order valence-corrected chi connectivity index (χ1v) is 6.46.